The van der Waals surface area contributed by atoms with Crippen LogP contribution in [0.2, 0.25) is 0 Å². The molecule has 4 N–H and O–H groups in total. The standard InChI is InChI=1S/C24H28N2.C8H20N2O/c1-23(2,17-8-12-21(25)13-9-17)19-6-5-7-20(16-19)24(3,4)18-10-14-22(26)15-11-18;1-9(2)5-7-11-8-6-10(3)4/h5-16H,25-26H2,1-4H3;5-8H2,1-4H3. The number of anilines is 2. The fourth-order valence-corrected chi connectivity index (χ4v) is 4.03. The lowest BCUT2D eigenvalue weighted by Crippen LogP contribution is -2.23. The zero-order chi connectivity index (χ0) is 27.6. The third-order valence-corrected chi connectivity index (χ3v) is 6.94. The van der Waals surface area contributed by atoms with Crippen molar-refractivity contribution in [3.05, 3.63) is 95.1 Å². The molecule has 0 aliphatic heterocycles. The summed E-state index contributed by atoms with van der Waals surface area (Å²) in [6.45, 7) is 12.7. The first-order chi connectivity index (χ1) is 17.3. The number of benzene rings is 3. The molecule has 0 saturated heterocycles. The number of rotatable bonds is 10. The van der Waals surface area contributed by atoms with Crippen LogP contribution in [0.3, 0.4) is 0 Å². The molecule has 0 aliphatic carbocycles. The highest BCUT2D eigenvalue weighted by Crippen LogP contribution is 2.37. The Morgan fingerprint density at radius 1 is 0.568 bits per heavy atom. The van der Waals surface area contributed by atoms with E-state index in [0.717, 1.165) is 37.7 Å². The molecule has 5 heteroatoms. The average Bonchev–Trinajstić information content (AvgIpc) is 2.84. The third-order valence-electron chi connectivity index (χ3n) is 6.94. The first-order valence-electron chi connectivity index (χ1n) is 13.0. The van der Waals surface area contributed by atoms with Crippen molar-refractivity contribution in [3.8, 4) is 0 Å². The van der Waals surface area contributed by atoms with E-state index in [4.69, 9.17) is 16.2 Å². The molecule has 37 heavy (non-hydrogen) atoms. The Bertz CT molecular complexity index is 988. The van der Waals surface area contributed by atoms with Crippen molar-refractivity contribution in [1.29, 1.82) is 0 Å². The summed E-state index contributed by atoms with van der Waals surface area (Å²) >= 11 is 0. The molecule has 3 aromatic rings. The Morgan fingerprint density at radius 3 is 1.24 bits per heavy atom. The Labute approximate surface area is 225 Å². The second-order valence-electron chi connectivity index (χ2n) is 11.3. The maximum absolute atomic E-state index is 5.86. The van der Waals surface area contributed by atoms with Crippen molar-refractivity contribution >= 4 is 11.4 Å². The molecule has 0 bridgehead atoms. The first kappa shape index (κ1) is 30.4. The molecule has 0 heterocycles. The molecule has 3 rings (SSSR count). The summed E-state index contributed by atoms with van der Waals surface area (Å²) in [5.74, 6) is 0. The summed E-state index contributed by atoms with van der Waals surface area (Å²) in [5, 5.41) is 0. The largest absolute Gasteiger partial charge is 0.399 e. The zero-order valence-corrected chi connectivity index (χ0v) is 24.2. The van der Waals surface area contributed by atoms with Crippen LogP contribution in [0.25, 0.3) is 0 Å². The van der Waals surface area contributed by atoms with Gasteiger partial charge in [-0.05, 0) is 74.7 Å². The average molecular weight is 505 g/mol. The molecule has 202 valence electrons. The highest BCUT2D eigenvalue weighted by atomic mass is 16.5. The van der Waals surface area contributed by atoms with Gasteiger partial charge in [0.2, 0.25) is 0 Å². The summed E-state index contributed by atoms with van der Waals surface area (Å²) in [6, 6.07) is 25.3. The molecule has 0 unspecified atom stereocenters. The first-order valence-corrected chi connectivity index (χ1v) is 13.0. The minimum atomic E-state index is -0.0963. The van der Waals surface area contributed by atoms with E-state index >= 15 is 0 Å². The van der Waals surface area contributed by atoms with Crippen LogP contribution in [0.5, 0.6) is 0 Å². The molecular formula is C32H48N4O. The molecule has 0 radical (unpaired) electrons. The Morgan fingerprint density at radius 2 is 0.919 bits per heavy atom. The Hall–Kier alpha value is -2.86. The van der Waals surface area contributed by atoms with Gasteiger partial charge in [-0.1, -0.05) is 76.2 Å². The van der Waals surface area contributed by atoms with Crippen LogP contribution in [-0.2, 0) is 15.6 Å². The van der Waals surface area contributed by atoms with Crippen LogP contribution in [-0.4, -0.2) is 64.3 Å². The monoisotopic (exact) mass is 504 g/mol. The lowest BCUT2D eigenvalue weighted by atomic mass is 9.73. The molecule has 0 aromatic heterocycles. The van der Waals surface area contributed by atoms with Gasteiger partial charge in [0.25, 0.3) is 0 Å². The van der Waals surface area contributed by atoms with Gasteiger partial charge in [0.05, 0.1) is 13.2 Å². The van der Waals surface area contributed by atoms with Crippen molar-refractivity contribution in [3.63, 3.8) is 0 Å². The summed E-state index contributed by atoms with van der Waals surface area (Å²) in [5.41, 5.74) is 18.2. The molecule has 0 saturated carbocycles. The molecular weight excluding hydrogens is 456 g/mol. The van der Waals surface area contributed by atoms with Gasteiger partial charge in [-0.2, -0.15) is 0 Å². The fourth-order valence-electron chi connectivity index (χ4n) is 4.03. The molecule has 0 spiro atoms. The highest BCUT2D eigenvalue weighted by Gasteiger charge is 2.27. The summed E-state index contributed by atoms with van der Waals surface area (Å²) in [4.78, 5) is 4.24. The van der Waals surface area contributed by atoms with Gasteiger partial charge < -0.3 is 26.0 Å². The fraction of sp³-hybridized carbons (Fsp3) is 0.438. The quantitative estimate of drug-likeness (QED) is 0.277. The van der Waals surface area contributed by atoms with Crippen LogP contribution < -0.4 is 11.5 Å². The normalized spacial score (nSPS) is 11.9. The van der Waals surface area contributed by atoms with Crippen molar-refractivity contribution in [1.82, 2.24) is 9.80 Å². The van der Waals surface area contributed by atoms with E-state index in [1.54, 1.807) is 0 Å². The maximum atomic E-state index is 5.86. The number of nitrogen functional groups attached to an aromatic ring is 2. The van der Waals surface area contributed by atoms with Gasteiger partial charge in [-0.25, -0.2) is 0 Å². The summed E-state index contributed by atoms with van der Waals surface area (Å²) < 4.78 is 5.37. The van der Waals surface area contributed by atoms with Gasteiger partial charge in [-0.3, -0.25) is 0 Å². The van der Waals surface area contributed by atoms with Crippen molar-refractivity contribution in [2.75, 3.05) is 66.0 Å². The molecule has 5 nitrogen and oxygen atoms in total. The minimum absolute atomic E-state index is 0.0963. The number of nitrogens with two attached hydrogens (primary N) is 2. The van der Waals surface area contributed by atoms with E-state index < -0.39 is 0 Å². The second-order valence-corrected chi connectivity index (χ2v) is 11.3. The second kappa shape index (κ2) is 13.6. The van der Waals surface area contributed by atoms with Crippen LogP contribution in [0.15, 0.2) is 72.8 Å². The summed E-state index contributed by atoms with van der Waals surface area (Å²) in [6.07, 6.45) is 0. The predicted molar refractivity (Wildman–Crippen MR) is 160 cm³/mol. The predicted octanol–water partition coefficient (Wildman–Crippen LogP) is 5.63. The van der Waals surface area contributed by atoms with Gasteiger partial charge in [0, 0.05) is 35.3 Å². The zero-order valence-electron chi connectivity index (χ0n) is 24.2. The molecule has 0 atom stereocenters. The third kappa shape index (κ3) is 9.19. The molecule has 0 amide bonds. The van der Waals surface area contributed by atoms with E-state index in [9.17, 15) is 0 Å². The molecule has 0 fully saturated rings. The highest BCUT2D eigenvalue weighted by molar-refractivity contribution is 5.49. The van der Waals surface area contributed by atoms with Gasteiger partial charge in [-0.15, -0.1) is 0 Å². The smallest absolute Gasteiger partial charge is 0.0593 e. The van der Waals surface area contributed by atoms with Crippen LogP contribution in [0.1, 0.15) is 49.9 Å². The number of hydrogen-bond donors (Lipinski definition) is 2. The molecule has 3 aromatic carbocycles. The lowest BCUT2D eigenvalue weighted by Gasteiger charge is -2.31. The van der Waals surface area contributed by atoms with Gasteiger partial charge >= 0.3 is 0 Å². The Balaban J connectivity index is 0.000000371. The van der Waals surface area contributed by atoms with Crippen LogP contribution in [0, 0.1) is 0 Å². The van der Waals surface area contributed by atoms with Gasteiger partial charge in [0.1, 0.15) is 0 Å². The number of hydrogen-bond acceptors (Lipinski definition) is 5. The SMILES string of the molecule is CC(C)(c1ccc(N)cc1)c1cccc(C(C)(C)c2ccc(N)cc2)c1.CN(C)CCOCCN(C)C. The summed E-state index contributed by atoms with van der Waals surface area (Å²) in [7, 11) is 8.20. The maximum Gasteiger partial charge on any atom is 0.0593 e. The number of nitrogens with zero attached hydrogens (tertiary/aromatic N) is 2. The molecule has 0 aliphatic rings. The minimum Gasteiger partial charge on any atom is -0.399 e. The van der Waals surface area contributed by atoms with E-state index in [1.165, 1.54) is 22.3 Å². The van der Waals surface area contributed by atoms with Gasteiger partial charge in [0.15, 0.2) is 0 Å². The Kier molecular flexibility index (Phi) is 11.2. The van der Waals surface area contributed by atoms with E-state index in [-0.39, 0.29) is 10.8 Å². The van der Waals surface area contributed by atoms with Crippen LogP contribution >= 0.6 is 0 Å². The van der Waals surface area contributed by atoms with Crippen LogP contribution in [0.4, 0.5) is 11.4 Å². The van der Waals surface area contributed by atoms with Crippen molar-refractivity contribution in [2.24, 2.45) is 0 Å². The topological polar surface area (TPSA) is 67.8 Å². The van der Waals surface area contributed by atoms with Crippen molar-refractivity contribution < 1.29 is 4.74 Å². The number of likely N-dealkylation sites (N-methyl/N-ethyl adjacent to an activating group) is 2. The lowest BCUT2D eigenvalue weighted by molar-refractivity contribution is 0.104. The van der Waals surface area contributed by atoms with Crippen molar-refractivity contribution in [2.45, 2.75) is 38.5 Å². The van der Waals surface area contributed by atoms with E-state index in [0.29, 0.717) is 0 Å². The van der Waals surface area contributed by atoms with E-state index in [1.807, 2.05) is 24.3 Å². The number of ether oxygens (including phenoxy) is 1. The van der Waals surface area contributed by atoms with E-state index in [2.05, 4.69) is 114 Å².